The topological polar surface area (TPSA) is 61.4 Å². The average Bonchev–Trinajstić information content (AvgIpc) is 2.91. The van der Waals surface area contributed by atoms with Crippen molar-refractivity contribution in [2.75, 3.05) is 37.4 Å². The third kappa shape index (κ3) is 8.28. The minimum atomic E-state index is -0.349. The summed E-state index contributed by atoms with van der Waals surface area (Å²) in [5.74, 6) is 0.801. The Morgan fingerprint density at radius 3 is 2.32 bits per heavy atom. The van der Waals surface area contributed by atoms with Crippen LogP contribution in [0.5, 0.6) is 0 Å². The molecule has 0 radical (unpaired) electrons. The van der Waals surface area contributed by atoms with Gasteiger partial charge in [-0.2, -0.15) is 0 Å². The number of amides is 1. The van der Waals surface area contributed by atoms with E-state index in [2.05, 4.69) is 32.2 Å². The monoisotopic (exact) mass is 549 g/mol. The summed E-state index contributed by atoms with van der Waals surface area (Å²) >= 11 is 7.89. The number of rotatable bonds is 11. The van der Waals surface area contributed by atoms with Crippen LogP contribution in [0.1, 0.15) is 21.5 Å². The maximum absolute atomic E-state index is 13.1. The van der Waals surface area contributed by atoms with E-state index in [1.165, 1.54) is 41.6 Å². The van der Waals surface area contributed by atoms with Gasteiger partial charge in [0.05, 0.1) is 0 Å². The first kappa shape index (κ1) is 27.6. The number of thioether (sulfide) groups is 1. The molecule has 1 N–H and O–H groups in total. The largest absolute Gasteiger partial charge is 0.351 e. The molecule has 9 heteroatoms. The molecule has 1 aromatic heterocycles. The van der Waals surface area contributed by atoms with Gasteiger partial charge in [-0.05, 0) is 61.6 Å². The number of carbonyl (C=O) groups excluding carboxylic acids is 1. The van der Waals surface area contributed by atoms with Gasteiger partial charge >= 0.3 is 0 Å². The zero-order chi connectivity index (χ0) is 26.9. The number of nitrogens with zero attached hydrogens (tertiary/aromatic N) is 4. The number of nitrogens with one attached hydrogen (secondary N) is 1. The number of carbonyl (C=O) groups is 1. The van der Waals surface area contributed by atoms with E-state index in [1.54, 1.807) is 18.2 Å². The first-order valence-corrected chi connectivity index (χ1v) is 13.5. The van der Waals surface area contributed by atoms with Crippen LogP contribution in [0.25, 0.3) is 0 Å². The van der Waals surface area contributed by atoms with E-state index in [1.807, 2.05) is 44.4 Å². The lowest BCUT2D eigenvalue weighted by Gasteiger charge is -2.26. The van der Waals surface area contributed by atoms with Gasteiger partial charge in [0.15, 0.2) is 5.16 Å². The summed E-state index contributed by atoms with van der Waals surface area (Å²) in [6, 6.07) is 25.1. The molecule has 0 spiro atoms. The smallest absolute Gasteiger partial charge is 0.255 e. The van der Waals surface area contributed by atoms with Gasteiger partial charge in [-0.1, -0.05) is 65.8 Å². The van der Waals surface area contributed by atoms with Gasteiger partial charge in [0.1, 0.15) is 16.8 Å². The highest BCUT2D eigenvalue weighted by molar-refractivity contribution is 7.98. The number of aromatic nitrogens is 2. The molecule has 3 aromatic carbocycles. The molecular weight excluding hydrogens is 521 g/mol. The van der Waals surface area contributed by atoms with E-state index < -0.39 is 0 Å². The molecule has 0 unspecified atom stereocenters. The second kappa shape index (κ2) is 13.4. The Balaban J connectivity index is 1.41. The first-order chi connectivity index (χ1) is 18.4. The standard InChI is InChI=1S/C29H29ClFN5OS/c1-35(2)16-17-36(19-21-6-4-3-5-7-21)27-18-26(30)33-29(34-27)38-20-22-8-10-23(11-9-22)28(37)32-25-14-12-24(31)13-15-25/h3-15,18H,16-17,19-20H2,1-2H3,(H,32,37). The summed E-state index contributed by atoms with van der Waals surface area (Å²) in [6.45, 7) is 2.38. The zero-order valence-corrected chi connectivity index (χ0v) is 22.8. The van der Waals surface area contributed by atoms with E-state index in [0.717, 1.165) is 24.5 Å². The fraction of sp³-hybridized carbons (Fsp3) is 0.207. The summed E-state index contributed by atoms with van der Waals surface area (Å²) in [4.78, 5) is 26.1. The predicted octanol–water partition coefficient (Wildman–Crippen LogP) is 6.38. The maximum atomic E-state index is 13.1. The summed E-state index contributed by atoms with van der Waals surface area (Å²) in [5, 5.41) is 3.75. The fourth-order valence-electron chi connectivity index (χ4n) is 3.65. The highest BCUT2D eigenvalue weighted by atomic mass is 35.5. The van der Waals surface area contributed by atoms with Crippen molar-refractivity contribution in [1.82, 2.24) is 14.9 Å². The average molecular weight is 550 g/mol. The second-order valence-corrected chi connectivity index (χ2v) is 10.3. The zero-order valence-electron chi connectivity index (χ0n) is 21.3. The van der Waals surface area contributed by atoms with Crippen molar-refractivity contribution in [3.8, 4) is 0 Å². The highest BCUT2D eigenvalue weighted by Crippen LogP contribution is 2.26. The van der Waals surface area contributed by atoms with Crippen molar-refractivity contribution in [2.24, 2.45) is 0 Å². The number of benzene rings is 3. The van der Waals surface area contributed by atoms with Gasteiger partial charge in [-0.15, -0.1) is 0 Å². The van der Waals surface area contributed by atoms with Gasteiger partial charge in [0.25, 0.3) is 5.91 Å². The second-order valence-electron chi connectivity index (χ2n) is 8.99. The lowest BCUT2D eigenvalue weighted by atomic mass is 10.1. The third-order valence-corrected chi connectivity index (χ3v) is 6.82. The maximum Gasteiger partial charge on any atom is 0.255 e. The number of halogens is 2. The molecule has 0 aliphatic heterocycles. The van der Waals surface area contributed by atoms with E-state index in [0.29, 0.717) is 33.9 Å². The van der Waals surface area contributed by atoms with Crippen LogP contribution in [-0.4, -0.2) is 48.0 Å². The quantitative estimate of drug-likeness (QED) is 0.133. The molecule has 0 fully saturated rings. The summed E-state index contributed by atoms with van der Waals surface area (Å²) in [7, 11) is 4.10. The molecule has 38 heavy (non-hydrogen) atoms. The van der Waals surface area contributed by atoms with Crippen LogP contribution in [0, 0.1) is 5.82 Å². The molecule has 6 nitrogen and oxygen atoms in total. The minimum Gasteiger partial charge on any atom is -0.351 e. The van der Waals surface area contributed by atoms with E-state index in [-0.39, 0.29) is 11.7 Å². The molecule has 0 saturated carbocycles. The predicted molar refractivity (Wildman–Crippen MR) is 153 cm³/mol. The molecule has 0 aliphatic carbocycles. The lowest BCUT2D eigenvalue weighted by Crippen LogP contribution is -2.32. The normalized spacial score (nSPS) is 11.0. The molecule has 0 atom stereocenters. The van der Waals surface area contributed by atoms with Crippen LogP contribution in [0.15, 0.2) is 90.1 Å². The first-order valence-electron chi connectivity index (χ1n) is 12.1. The van der Waals surface area contributed by atoms with E-state index in [9.17, 15) is 9.18 Å². The molecule has 4 rings (SSSR count). The van der Waals surface area contributed by atoms with Crippen LogP contribution in [0.3, 0.4) is 0 Å². The Morgan fingerprint density at radius 1 is 0.921 bits per heavy atom. The third-order valence-electron chi connectivity index (χ3n) is 5.70. The van der Waals surface area contributed by atoms with Gasteiger partial charge in [0, 0.05) is 42.7 Å². The Bertz CT molecular complexity index is 1340. The molecule has 0 saturated heterocycles. The molecule has 0 aliphatic rings. The number of anilines is 2. The van der Waals surface area contributed by atoms with Gasteiger partial charge in [-0.3, -0.25) is 4.79 Å². The molecule has 0 bridgehead atoms. The number of likely N-dealkylation sites (N-methyl/N-ethyl adjacent to an activating group) is 1. The summed E-state index contributed by atoms with van der Waals surface area (Å²) < 4.78 is 13.1. The molecule has 1 amide bonds. The van der Waals surface area contributed by atoms with Gasteiger partial charge in [-0.25, -0.2) is 14.4 Å². The minimum absolute atomic E-state index is 0.255. The van der Waals surface area contributed by atoms with E-state index >= 15 is 0 Å². The molecule has 1 heterocycles. The van der Waals surface area contributed by atoms with Crippen LogP contribution >= 0.6 is 23.4 Å². The van der Waals surface area contributed by atoms with Crippen molar-refractivity contribution < 1.29 is 9.18 Å². The molecular formula is C29H29ClFN5OS. The van der Waals surface area contributed by atoms with E-state index in [4.69, 9.17) is 16.6 Å². The Kier molecular flexibility index (Phi) is 9.70. The Hall–Kier alpha value is -3.46. The van der Waals surface area contributed by atoms with Crippen molar-refractivity contribution in [3.05, 3.63) is 113 Å². The van der Waals surface area contributed by atoms with Crippen LogP contribution in [0.2, 0.25) is 5.15 Å². The number of hydrogen-bond donors (Lipinski definition) is 1. The molecule has 196 valence electrons. The van der Waals surface area contributed by atoms with Crippen LogP contribution in [0.4, 0.5) is 15.9 Å². The van der Waals surface area contributed by atoms with Gasteiger partial charge in [0.2, 0.25) is 0 Å². The van der Waals surface area contributed by atoms with Crippen molar-refractivity contribution in [3.63, 3.8) is 0 Å². The highest BCUT2D eigenvalue weighted by Gasteiger charge is 2.14. The van der Waals surface area contributed by atoms with Crippen molar-refractivity contribution in [1.29, 1.82) is 0 Å². The molecule has 4 aromatic rings. The SMILES string of the molecule is CN(C)CCN(Cc1ccccc1)c1cc(Cl)nc(SCc2ccc(C(=O)Nc3ccc(F)cc3)cc2)n1. The van der Waals surface area contributed by atoms with Crippen molar-refractivity contribution in [2.45, 2.75) is 17.5 Å². The summed E-state index contributed by atoms with van der Waals surface area (Å²) in [5.41, 5.74) is 3.27. The Labute approximate surface area is 231 Å². The Morgan fingerprint density at radius 2 is 1.63 bits per heavy atom. The fourth-order valence-corrected chi connectivity index (χ4v) is 4.68. The lowest BCUT2D eigenvalue weighted by molar-refractivity contribution is 0.102. The van der Waals surface area contributed by atoms with Crippen LogP contribution in [-0.2, 0) is 12.3 Å². The van der Waals surface area contributed by atoms with Gasteiger partial charge < -0.3 is 15.1 Å². The van der Waals surface area contributed by atoms with Crippen molar-refractivity contribution >= 4 is 40.8 Å². The number of hydrogen-bond acceptors (Lipinski definition) is 6. The van der Waals surface area contributed by atoms with Crippen LogP contribution < -0.4 is 10.2 Å². The summed E-state index contributed by atoms with van der Waals surface area (Å²) in [6.07, 6.45) is 0.